The Kier molecular flexibility index (Phi) is 6.31. The Bertz CT molecular complexity index is 631. The summed E-state index contributed by atoms with van der Waals surface area (Å²) in [7, 11) is 3.35. The number of likely N-dealkylation sites (tertiary alicyclic amines) is 1. The second-order valence-electron chi connectivity index (χ2n) is 8.42. The van der Waals surface area contributed by atoms with Gasteiger partial charge in [0.15, 0.2) is 11.5 Å². The van der Waals surface area contributed by atoms with Gasteiger partial charge in [-0.05, 0) is 12.5 Å². The van der Waals surface area contributed by atoms with Crippen molar-refractivity contribution in [1.82, 2.24) is 9.80 Å². The summed E-state index contributed by atoms with van der Waals surface area (Å²) < 4.78 is 16.5. The molecule has 0 unspecified atom stereocenters. The van der Waals surface area contributed by atoms with E-state index in [9.17, 15) is 5.11 Å². The Morgan fingerprint density at radius 1 is 1.07 bits per heavy atom. The zero-order chi connectivity index (χ0) is 19.5. The van der Waals surface area contributed by atoms with E-state index in [0.717, 1.165) is 76.0 Å². The molecule has 3 rings (SSSR count). The molecule has 1 atom stereocenters. The molecule has 152 valence electrons. The number of methoxy groups -OCH3 is 2. The van der Waals surface area contributed by atoms with E-state index >= 15 is 0 Å². The number of benzene rings is 1. The van der Waals surface area contributed by atoms with E-state index in [1.165, 1.54) is 0 Å². The van der Waals surface area contributed by atoms with Crippen molar-refractivity contribution < 1.29 is 19.3 Å². The third-order valence-corrected chi connectivity index (χ3v) is 6.19. The van der Waals surface area contributed by atoms with Crippen LogP contribution in [0, 0.1) is 5.41 Å². The summed E-state index contributed by atoms with van der Waals surface area (Å²) in [5.74, 6) is 1.56. The molecule has 27 heavy (non-hydrogen) atoms. The van der Waals surface area contributed by atoms with Crippen LogP contribution >= 0.6 is 0 Å². The molecule has 0 aliphatic carbocycles. The van der Waals surface area contributed by atoms with Crippen molar-refractivity contribution in [2.75, 3.05) is 60.2 Å². The van der Waals surface area contributed by atoms with Gasteiger partial charge in [-0.15, -0.1) is 0 Å². The molecule has 2 heterocycles. The highest BCUT2D eigenvalue weighted by Gasteiger charge is 2.48. The molecule has 2 aliphatic heterocycles. The molecule has 0 aromatic heterocycles. The zero-order valence-electron chi connectivity index (χ0n) is 17.2. The summed E-state index contributed by atoms with van der Waals surface area (Å²) in [6.45, 7) is 10.9. The smallest absolute Gasteiger partial charge is 0.165 e. The molecule has 2 aliphatic rings. The Morgan fingerprint density at radius 3 is 2.44 bits per heavy atom. The van der Waals surface area contributed by atoms with Gasteiger partial charge in [-0.2, -0.15) is 0 Å². The summed E-state index contributed by atoms with van der Waals surface area (Å²) in [6.07, 6.45) is 0.768. The molecule has 0 amide bonds. The Balaban J connectivity index is 1.68. The van der Waals surface area contributed by atoms with Crippen molar-refractivity contribution in [2.45, 2.75) is 32.4 Å². The molecular weight excluding hydrogens is 344 g/mol. The number of para-hydroxylation sites is 1. The van der Waals surface area contributed by atoms with Crippen LogP contribution in [-0.2, 0) is 11.3 Å². The van der Waals surface area contributed by atoms with Crippen molar-refractivity contribution in [3.05, 3.63) is 23.8 Å². The highest BCUT2D eigenvalue weighted by molar-refractivity contribution is 5.46. The Hall–Kier alpha value is -1.34. The minimum atomic E-state index is -0.681. The van der Waals surface area contributed by atoms with Crippen LogP contribution in [0.5, 0.6) is 11.5 Å². The fraction of sp³-hybridized carbons (Fsp3) is 0.714. The van der Waals surface area contributed by atoms with Gasteiger partial charge in [0.25, 0.3) is 0 Å². The number of piperidine rings is 1. The number of ether oxygens (including phenoxy) is 3. The lowest BCUT2D eigenvalue weighted by atomic mass is 9.69. The Labute approximate surface area is 163 Å². The predicted molar refractivity (Wildman–Crippen MR) is 105 cm³/mol. The van der Waals surface area contributed by atoms with E-state index in [1.54, 1.807) is 14.2 Å². The van der Waals surface area contributed by atoms with Crippen LogP contribution in [-0.4, -0.2) is 80.7 Å². The van der Waals surface area contributed by atoms with E-state index in [-0.39, 0.29) is 5.41 Å². The molecule has 0 saturated carbocycles. The van der Waals surface area contributed by atoms with Crippen molar-refractivity contribution >= 4 is 0 Å². The average molecular weight is 379 g/mol. The lowest BCUT2D eigenvalue weighted by molar-refractivity contribution is -0.141. The van der Waals surface area contributed by atoms with Gasteiger partial charge in [0, 0.05) is 50.2 Å². The van der Waals surface area contributed by atoms with Crippen molar-refractivity contribution in [3.63, 3.8) is 0 Å². The normalized spacial score (nSPS) is 26.7. The predicted octanol–water partition coefficient (Wildman–Crippen LogP) is 2.00. The maximum Gasteiger partial charge on any atom is 0.165 e. The van der Waals surface area contributed by atoms with Gasteiger partial charge in [0.2, 0.25) is 0 Å². The van der Waals surface area contributed by atoms with Crippen LogP contribution in [0.1, 0.15) is 25.8 Å². The zero-order valence-corrected chi connectivity index (χ0v) is 17.2. The van der Waals surface area contributed by atoms with Crippen LogP contribution in [0.25, 0.3) is 0 Å². The first-order valence-corrected chi connectivity index (χ1v) is 9.83. The molecule has 2 fully saturated rings. The second-order valence-corrected chi connectivity index (χ2v) is 8.42. The van der Waals surface area contributed by atoms with Gasteiger partial charge in [-0.1, -0.05) is 26.0 Å². The molecule has 0 bridgehead atoms. The lowest BCUT2D eigenvalue weighted by Gasteiger charge is -2.52. The minimum absolute atomic E-state index is 0.199. The van der Waals surface area contributed by atoms with Gasteiger partial charge < -0.3 is 19.3 Å². The summed E-state index contributed by atoms with van der Waals surface area (Å²) in [5.41, 5.74) is 0.237. The standard InChI is InChI=1S/C21H34N2O4/c1-20(2)15-23(14-17-6-5-7-18(25-3)19(17)26-4)9-8-21(20,24)16-22-10-12-27-13-11-22/h5-7,24H,8-16H2,1-4H3/t21-/m0/s1. The van der Waals surface area contributed by atoms with E-state index in [1.807, 2.05) is 12.1 Å². The van der Waals surface area contributed by atoms with Crippen molar-refractivity contribution in [1.29, 1.82) is 0 Å². The SMILES string of the molecule is COc1cccc(CN2CC[C@](O)(CN3CCOCC3)C(C)(C)C2)c1OC. The van der Waals surface area contributed by atoms with Gasteiger partial charge >= 0.3 is 0 Å². The maximum atomic E-state index is 11.5. The lowest BCUT2D eigenvalue weighted by Crippen LogP contribution is -2.62. The molecule has 6 nitrogen and oxygen atoms in total. The first-order valence-electron chi connectivity index (χ1n) is 9.83. The summed E-state index contributed by atoms with van der Waals surface area (Å²) in [4.78, 5) is 4.75. The molecule has 1 aromatic carbocycles. The first kappa shape index (κ1) is 20.4. The molecule has 6 heteroatoms. The molecular formula is C21H34N2O4. The molecule has 0 spiro atoms. The van der Waals surface area contributed by atoms with E-state index < -0.39 is 5.60 Å². The van der Waals surface area contributed by atoms with Gasteiger partial charge in [-0.25, -0.2) is 0 Å². The van der Waals surface area contributed by atoms with E-state index in [2.05, 4.69) is 29.7 Å². The monoisotopic (exact) mass is 378 g/mol. The van der Waals surface area contributed by atoms with Gasteiger partial charge in [0.05, 0.1) is 33.0 Å². The number of rotatable bonds is 6. The molecule has 1 N–H and O–H groups in total. The van der Waals surface area contributed by atoms with Gasteiger partial charge in [-0.3, -0.25) is 9.80 Å². The van der Waals surface area contributed by atoms with Crippen molar-refractivity contribution in [3.8, 4) is 11.5 Å². The molecule has 2 saturated heterocycles. The summed E-state index contributed by atoms with van der Waals surface area (Å²) in [6, 6.07) is 6.01. The van der Waals surface area contributed by atoms with Crippen LogP contribution in [0.15, 0.2) is 18.2 Å². The number of hydrogen-bond acceptors (Lipinski definition) is 6. The number of hydrogen-bond donors (Lipinski definition) is 1. The highest BCUT2D eigenvalue weighted by atomic mass is 16.5. The molecule has 0 radical (unpaired) electrons. The highest BCUT2D eigenvalue weighted by Crippen LogP contribution is 2.41. The fourth-order valence-electron chi connectivity index (χ4n) is 4.34. The quantitative estimate of drug-likeness (QED) is 0.817. The number of β-amino-alcohol motifs (C(OH)–C–C–N with tert-alkyl or cyclic N) is 1. The fourth-order valence-corrected chi connectivity index (χ4v) is 4.34. The number of nitrogens with zero attached hydrogens (tertiary/aromatic N) is 2. The minimum Gasteiger partial charge on any atom is -0.493 e. The van der Waals surface area contributed by atoms with Crippen LogP contribution in [0.2, 0.25) is 0 Å². The van der Waals surface area contributed by atoms with Crippen LogP contribution in [0.4, 0.5) is 0 Å². The van der Waals surface area contributed by atoms with Crippen molar-refractivity contribution in [2.24, 2.45) is 5.41 Å². The second kappa shape index (κ2) is 8.35. The third-order valence-electron chi connectivity index (χ3n) is 6.19. The summed E-state index contributed by atoms with van der Waals surface area (Å²) >= 11 is 0. The topological polar surface area (TPSA) is 54.4 Å². The largest absolute Gasteiger partial charge is 0.493 e. The van der Waals surface area contributed by atoms with Crippen LogP contribution in [0.3, 0.4) is 0 Å². The maximum absolute atomic E-state index is 11.5. The van der Waals surface area contributed by atoms with E-state index in [0.29, 0.717) is 0 Å². The first-order chi connectivity index (χ1) is 12.9. The van der Waals surface area contributed by atoms with Crippen LogP contribution < -0.4 is 9.47 Å². The molecule has 1 aromatic rings. The summed E-state index contributed by atoms with van der Waals surface area (Å²) in [5, 5.41) is 11.5. The van der Waals surface area contributed by atoms with Gasteiger partial charge in [0.1, 0.15) is 0 Å². The third kappa shape index (κ3) is 4.40. The Morgan fingerprint density at radius 2 is 1.81 bits per heavy atom. The van der Waals surface area contributed by atoms with E-state index in [4.69, 9.17) is 14.2 Å². The average Bonchev–Trinajstić information content (AvgIpc) is 2.65. The number of aliphatic hydroxyl groups is 1. The number of morpholine rings is 1.